The van der Waals surface area contributed by atoms with Crippen molar-refractivity contribution in [2.75, 3.05) is 11.9 Å². The first-order valence-electron chi connectivity index (χ1n) is 11.4. The minimum atomic E-state index is -0.921. The summed E-state index contributed by atoms with van der Waals surface area (Å²) in [5.74, 6) is -0.0604. The molecule has 3 rings (SSSR count). The molecule has 0 atom stereocenters. The highest BCUT2D eigenvalue weighted by atomic mass is 16.5. The fraction of sp³-hybridized carbons (Fsp3) is 0.444. The van der Waals surface area contributed by atoms with E-state index >= 15 is 0 Å². The van der Waals surface area contributed by atoms with Crippen molar-refractivity contribution >= 4 is 22.9 Å². The molecule has 0 saturated carbocycles. The fourth-order valence-electron chi connectivity index (χ4n) is 4.05. The number of anilines is 2. The van der Waals surface area contributed by atoms with Crippen LogP contribution in [0.2, 0.25) is 0 Å². The third-order valence-corrected chi connectivity index (χ3v) is 6.11. The van der Waals surface area contributed by atoms with Crippen molar-refractivity contribution in [3.8, 4) is 5.75 Å². The Kier molecular flexibility index (Phi) is 7.42. The number of ether oxygens (including phenoxy) is 1. The van der Waals surface area contributed by atoms with Crippen LogP contribution in [0.1, 0.15) is 87.7 Å². The maximum Gasteiger partial charge on any atom is 0.335 e. The van der Waals surface area contributed by atoms with Gasteiger partial charge in [-0.3, -0.25) is 0 Å². The molecule has 166 valence electrons. The average molecular weight is 422 g/mol. The zero-order valence-electron chi connectivity index (χ0n) is 19.3. The van der Waals surface area contributed by atoms with Gasteiger partial charge < -0.3 is 15.2 Å². The van der Waals surface area contributed by atoms with E-state index in [1.807, 2.05) is 0 Å². The van der Waals surface area contributed by atoms with Gasteiger partial charge in [-0.15, -0.1) is 0 Å². The van der Waals surface area contributed by atoms with E-state index in [-0.39, 0.29) is 11.0 Å². The molecule has 2 N–H and O–H groups in total. The Labute approximate surface area is 186 Å². The van der Waals surface area contributed by atoms with Crippen LogP contribution < -0.4 is 10.1 Å². The maximum absolute atomic E-state index is 11.1. The first-order chi connectivity index (χ1) is 14.8. The fourth-order valence-corrected chi connectivity index (χ4v) is 4.05. The van der Waals surface area contributed by atoms with Crippen LogP contribution in [0.5, 0.6) is 5.75 Å². The third kappa shape index (κ3) is 5.69. The molecule has 0 aromatic heterocycles. The van der Waals surface area contributed by atoms with Gasteiger partial charge in [-0.05, 0) is 78.3 Å². The molecule has 0 fully saturated rings. The molecule has 0 unspecified atom stereocenters. The Morgan fingerprint density at radius 2 is 1.81 bits per heavy atom. The molecule has 31 heavy (non-hydrogen) atoms. The lowest BCUT2D eigenvalue weighted by Gasteiger charge is -2.32. The number of aromatic carboxylic acids is 1. The predicted octanol–water partition coefficient (Wildman–Crippen LogP) is 7.56. The minimum Gasteiger partial charge on any atom is -0.491 e. The number of allylic oxidation sites excluding steroid dienone is 2. The number of carboxylic acids is 1. The Balaban J connectivity index is 1.87. The molecule has 0 spiro atoms. The highest BCUT2D eigenvalue weighted by Crippen LogP contribution is 2.44. The monoisotopic (exact) mass is 421 g/mol. The summed E-state index contributed by atoms with van der Waals surface area (Å²) in [6.07, 6.45) is 9.33. The highest BCUT2D eigenvalue weighted by molar-refractivity contribution is 5.88. The zero-order chi connectivity index (χ0) is 22.4. The first-order valence-corrected chi connectivity index (χ1v) is 11.4. The lowest BCUT2D eigenvalue weighted by molar-refractivity contribution is 0.0697. The van der Waals surface area contributed by atoms with E-state index in [1.165, 1.54) is 42.4 Å². The molecule has 1 aliphatic carbocycles. The number of benzene rings is 2. The molecule has 1 aliphatic rings. The molecule has 2 aromatic rings. The van der Waals surface area contributed by atoms with Gasteiger partial charge in [0.1, 0.15) is 5.75 Å². The Hall–Kier alpha value is -2.75. The van der Waals surface area contributed by atoms with Crippen molar-refractivity contribution in [3.05, 3.63) is 59.2 Å². The molecule has 0 saturated heterocycles. The number of hydrogen-bond acceptors (Lipinski definition) is 3. The van der Waals surface area contributed by atoms with Crippen LogP contribution in [0, 0.1) is 0 Å². The normalized spacial score (nSPS) is 14.5. The summed E-state index contributed by atoms with van der Waals surface area (Å²) in [5, 5.41) is 12.6. The molecule has 4 nitrogen and oxygen atoms in total. The predicted molar refractivity (Wildman–Crippen MR) is 129 cm³/mol. The standard InChI is InChI=1S/C27H35NO3/c1-5-6-7-8-9-16-31-25-18-23-22(19(2)14-15-27(23,3)4)17-24(25)28-21-12-10-20(11-13-21)26(29)30/h10-14,17-18,28H,5-9,15-16H2,1-4H3,(H,29,30). The van der Waals surface area contributed by atoms with Crippen LogP contribution in [0.25, 0.3) is 5.57 Å². The van der Waals surface area contributed by atoms with Crippen molar-refractivity contribution in [2.45, 2.75) is 71.6 Å². The number of nitrogens with one attached hydrogen (secondary N) is 1. The molecular formula is C27H35NO3. The van der Waals surface area contributed by atoms with Crippen molar-refractivity contribution in [1.29, 1.82) is 0 Å². The van der Waals surface area contributed by atoms with Crippen LogP contribution in [0.15, 0.2) is 42.5 Å². The van der Waals surface area contributed by atoms with Gasteiger partial charge in [-0.1, -0.05) is 52.5 Å². The summed E-state index contributed by atoms with van der Waals surface area (Å²) in [5.41, 5.74) is 5.95. The van der Waals surface area contributed by atoms with E-state index in [1.54, 1.807) is 24.3 Å². The largest absolute Gasteiger partial charge is 0.491 e. The van der Waals surface area contributed by atoms with Gasteiger partial charge in [-0.2, -0.15) is 0 Å². The van der Waals surface area contributed by atoms with Gasteiger partial charge in [-0.25, -0.2) is 4.79 Å². The van der Waals surface area contributed by atoms with Crippen LogP contribution >= 0.6 is 0 Å². The molecule has 0 heterocycles. The lowest BCUT2D eigenvalue weighted by atomic mass is 9.73. The maximum atomic E-state index is 11.1. The average Bonchev–Trinajstić information content (AvgIpc) is 2.74. The zero-order valence-corrected chi connectivity index (χ0v) is 19.3. The molecular weight excluding hydrogens is 386 g/mol. The van der Waals surface area contributed by atoms with Gasteiger partial charge in [0.05, 0.1) is 17.9 Å². The van der Waals surface area contributed by atoms with Gasteiger partial charge in [0.2, 0.25) is 0 Å². The summed E-state index contributed by atoms with van der Waals surface area (Å²) >= 11 is 0. The molecule has 0 aliphatic heterocycles. The number of carbonyl (C=O) groups is 1. The van der Waals surface area contributed by atoms with E-state index < -0.39 is 5.97 Å². The number of hydrogen-bond donors (Lipinski definition) is 2. The Morgan fingerprint density at radius 1 is 1.10 bits per heavy atom. The van der Waals surface area contributed by atoms with Crippen LogP contribution in [0.3, 0.4) is 0 Å². The second kappa shape index (κ2) is 10.0. The van der Waals surface area contributed by atoms with Gasteiger partial charge in [0.15, 0.2) is 0 Å². The number of rotatable bonds is 10. The SMILES string of the molecule is CCCCCCCOc1cc2c(cc1Nc1ccc(C(=O)O)cc1)C(C)=CCC2(C)C. The molecule has 2 aromatic carbocycles. The Bertz CT molecular complexity index is 942. The van der Waals surface area contributed by atoms with Crippen LogP contribution in [-0.2, 0) is 5.41 Å². The van der Waals surface area contributed by atoms with E-state index in [0.717, 1.165) is 30.0 Å². The van der Waals surface area contributed by atoms with Gasteiger partial charge in [0.25, 0.3) is 0 Å². The lowest BCUT2D eigenvalue weighted by Crippen LogP contribution is -2.21. The van der Waals surface area contributed by atoms with E-state index in [4.69, 9.17) is 9.84 Å². The summed E-state index contributed by atoms with van der Waals surface area (Å²) < 4.78 is 6.27. The molecule has 4 heteroatoms. The van der Waals surface area contributed by atoms with Crippen molar-refractivity contribution in [2.24, 2.45) is 0 Å². The topological polar surface area (TPSA) is 58.6 Å². The smallest absolute Gasteiger partial charge is 0.335 e. The van der Waals surface area contributed by atoms with Gasteiger partial charge in [0, 0.05) is 5.69 Å². The molecule has 0 bridgehead atoms. The number of unbranched alkanes of at least 4 members (excludes halogenated alkanes) is 4. The van der Waals surface area contributed by atoms with Crippen molar-refractivity contribution in [1.82, 2.24) is 0 Å². The second-order valence-corrected chi connectivity index (χ2v) is 9.14. The van der Waals surface area contributed by atoms with Gasteiger partial charge >= 0.3 is 5.97 Å². The molecule has 0 amide bonds. The number of carboxylic acid groups (broad SMARTS) is 1. The summed E-state index contributed by atoms with van der Waals surface area (Å²) in [6, 6.07) is 11.2. The first kappa shape index (κ1) is 22.9. The second-order valence-electron chi connectivity index (χ2n) is 9.14. The summed E-state index contributed by atoms with van der Waals surface area (Å²) in [4.78, 5) is 11.1. The molecule has 0 radical (unpaired) electrons. The minimum absolute atomic E-state index is 0.0652. The van der Waals surface area contributed by atoms with Crippen molar-refractivity contribution < 1.29 is 14.6 Å². The van der Waals surface area contributed by atoms with E-state index in [0.29, 0.717) is 6.61 Å². The highest BCUT2D eigenvalue weighted by Gasteiger charge is 2.28. The quantitative estimate of drug-likeness (QED) is 0.389. The van der Waals surface area contributed by atoms with Crippen LogP contribution in [-0.4, -0.2) is 17.7 Å². The summed E-state index contributed by atoms with van der Waals surface area (Å²) in [6.45, 7) is 9.64. The van der Waals surface area contributed by atoms with Crippen molar-refractivity contribution in [3.63, 3.8) is 0 Å². The van der Waals surface area contributed by atoms with E-state index in [2.05, 4.69) is 51.2 Å². The van der Waals surface area contributed by atoms with Crippen LogP contribution in [0.4, 0.5) is 11.4 Å². The Morgan fingerprint density at radius 3 is 2.48 bits per heavy atom. The number of fused-ring (bicyclic) bond motifs is 1. The van der Waals surface area contributed by atoms with E-state index in [9.17, 15) is 4.79 Å². The third-order valence-electron chi connectivity index (χ3n) is 6.11. The summed E-state index contributed by atoms with van der Waals surface area (Å²) in [7, 11) is 0.